The molecule has 3 aromatic rings. The fourth-order valence-corrected chi connectivity index (χ4v) is 2.94. The molecule has 0 fully saturated rings. The van der Waals surface area contributed by atoms with Gasteiger partial charge in [-0.1, -0.05) is 19.9 Å². The Labute approximate surface area is 158 Å². The molecule has 0 aliphatic rings. The minimum Gasteiger partial charge on any atom is -0.490 e. The van der Waals surface area contributed by atoms with E-state index in [1.807, 2.05) is 29.8 Å². The van der Waals surface area contributed by atoms with E-state index in [9.17, 15) is 4.79 Å². The van der Waals surface area contributed by atoms with E-state index >= 15 is 0 Å². The average molecular weight is 368 g/mol. The van der Waals surface area contributed by atoms with Crippen LogP contribution in [0.25, 0.3) is 11.0 Å². The third kappa shape index (κ3) is 4.22. The molecule has 2 aromatic carbocycles. The number of rotatable bonds is 8. The van der Waals surface area contributed by atoms with Crippen molar-refractivity contribution in [1.82, 2.24) is 9.55 Å². The maximum Gasteiger partial charge on any atom is 0.335 e. The fraction of sp³-hybridized carbons (Fsp3) is 0.333. The van der Waals surface area contributed by atoms with Crippen molar-refractivity contribution >= 4 is 17.0 Å². The van der Waals surface area contributed by atoms with Crippen LogP contribution in [0.2, 0.25) is 0 Å². The number of imidazole rings is 1. The van der Waals surface area contributed by atoms with Crippen LogP contribution in [0, 0.1) is 0 Å². The lowest BCUT2D eigenvalue weighted by Crippen LogP contribution is -2.13. The Kier molecular flexibility index (Phi) is 5.64. The molecule has 142 valence electrons. The molecule has 3 rings (SSSR count). The molecule has 0 saturated heterocycles. The molecule has 6 nitrogen and oxygen atoms in total. The van der Waals surface area contributed by atoms with E-state index in [0.717, 1.165) is 35.4 Å². The molecule has 0 radical (unpaired) electrons. The largest absolute Gasteiger partial charge is 0.490 e. The summed E-state index contributed by atoms with van der Waals surface area (Å²) in [4.78, 5) is 15.7. The maximum absolute atomic E-state index is 11.1. The normalized spacial score (nSPS) is 11.1. The Hall–Kier alpha value is -3.02. The molecule has 0 unspecified atom stereocenters. The topological polar surface area (TPSA) is 73.6 Å². The van der Waals surface area contributed by atoms with Gasteiger partial charge < -0.3 is 19.1 Å². The van der Waals surface area contributed by atoms with Gasteiger partial charge in [-0.25, -0.2) is 9.78 Å². The molecule has 1 N–H and O–H groups in total. The Morgan fingerprint density at radius 2 is 1.93 bits per heavy atom. The minimum absolute atomic E-state index is 0.195. The summed E-state index contributed by atoms with van der Waals surface area (Å²) in [5.74, 6) is 1.11. The van der Waals surface area contributed by atoms with E-state index in [4.69, 9.17) is 14.6 Å². The summed E-state index contributed by atoms with van der Waals surface area (Å²) in [5.41, 5.74) is 2.03. The molecule has 1 aromatic heterocycles. The maximum atomic E-state index is 11.1. The number of aryl methyl sites for hydroxylation is 1. The molecule has 0 saturated carbocycles. The molecule has 27 heavy (non-hydrogen) atoms. The zero-order valence-electron chi connectivity index (χ0n) is 15.8. The fourth-order valence-electron chi connectivity index (χ4n) is 2.94. The van der Waals surface area contributed by atoms with Crippen molar-refractivity contribution < 1.29 is 19.4 Å². The summed E-state index contributed by atoms with van der Waals surface area (Å²) in [5, 5.41) is 9.07. The van der Waals surface area contributed by atoms with E-state index in [1.54, 1.807) is 12.1 Å². The van der Waals surface area contributed by atoms with Crippen molar-refractivity contribution in [3.05, 3.63) is 53.9 Å². The van der Waals surface area contributed by atoms with E-state index in [-0.39, 0.29) is 18.3 Å². The van der Waals surface area contributed by atoms with Crippen LogP contribution < -0.4 is 9.47 Å². The molecular formula is C21H24N2O4. The van der Waals surface area contributed by atoms with Gasteiger partial charge in [0.2, 0.25) is 0 Å². The first-order valence-electron chi connectivity index (χ1n) is 9.10. The third-order valence-electron chi connectivity index (χ3n) is 4.61. The molecule has 0 aliphatic carbocycles. The number of aromatic carboxylic acids is 1. The highest BCUT2D eigenvalue weighted by molar-refractivity contribution is 5.88. The number of hydrogen-bond donors (Lipinski definition) is 1. The van der Waals surface area contributed by atoms with Crippen LogP contribution in [-0.2, 0) is 13.7 Å². The van der Waals surface area contributed by atoms with Crippen LogP contribution in [0.4, 0.5) is 0 Å². The summed E-state index contributed by atoms with van der Waals surface area (Å²) in [6.45, 7) is 4.48. The molecule has 0 aliphatic heterocycles. The lowest BCUT2D eigenvalue weighted by atomic mass is 10.2. The Balaban J connectivity index is 1.78. The molecule has 0 spiro atoms. The van der Waals surface area contributed by atoms with Crippen LogP contribution in [0.5, 0.6) is 11.5 Å². The second kappa shape index (κ2) is 8.12. The molecule has 0 atom stereocenters. The highest BCUT2D eigenvalue weighted by atomic mass is 16.5. The second-order valence-corrected chi connectivity index (χ2v) is 6.42. The van der Waals surface area contributed by atoms with Gasteiger partial charge in [0.1, 0.15) is 23.9 Å². The van der Waals surface area contributed by atoms with Gasteiger partial charge in [0.05, 0.1) is 22.7 Å². The van der Waals surface area contributed by atoms with Gasteiger partial charge in [-0.05, 0) is 43.2 Å². The smallest absolute Gasteiger partial charge is 0.335 e. The minimum atomic E-state index is -0.979. The zero-order chi connectivity index (χ0) is 19.4. The first kappa shape index (κ1) is 18.8. The first-order chi connectivity index (χ1) is 13.0. The van der Waals surface area contributed by atoms with Crippen molar-refractivity contribution in [2.24, 2.45) is 7.05 Å². The lowest BCUT2D eigenvalue weighted by molar-refractivity contribution is 0.0696. The summed E-state index contributed by atoms with van der Waals surface area (Å²) in [7, 11) is 1.93. The summed E-state index contributed by atoms with van der Waals surface area (Å²) in [6.07, 6.45) is 2.14. The van der Waals surface area contributed by atoms with Crippen molar-refractivity contribution in [1.29, 1.82) is 0 Å². The van der Waals surface area contributed by atoms with Gasteiger partial charge in [-0.15, -0.1) is 0 Å². The lowest BCUT2D eigenvalue weighted by Gasteiger charge is -2.15. The standard InChI is InChI=1S/C21H24N2O4/c1-4-15(5-2)27-17-9-10-18-19(12-17)23(3)20(22-18)13-26-16-8-6-7-14(11-16)21(24)25/h6-12,15H,4-5,13H2,1-3H3,(H,24,25). The SMILES string of the molecule is CCC(CC)Oc1ccc2nc(COc3cccc(C(=O)O)c3)n(C)c2c1. The predicted molar refractivity (Wildman–Crippen MR) is 103 cm³/mol. The number of benzene rings is 2. The highest BCUT2D eigenvalue weighted by Crippen LogP contribution is 2.24. The van der Waals surface area contributed by atoms with Gasteiger partial charge in [0.15, 0.2) is 0 Å². The number of fused-ring (bicyclic) bond motifs is 1. The average Bonchev–Trinajstić information content (AvgIpc) is 3.00. The number of carbonyl (C=O) groups is 1. The van der Waals surface area contributed by atoms with Gasteiger partial charge in [-0.2, -0.15) is 0 Å². The summed E-state index contributed by atoms with van der Waals surface area (Å²) >= 11 is 0. The summed E-state index contributed by atoms with van der Waals surface area (Å²) in [6, 6.07) is 12.3. The Morgan fingerprint density at radius 1 is 1.15 bits per heavy atom. The van der Waals surface area contributed by atoms with Crippen molar-refractivity contribution in [3.63, 3.8) is 0 Å². The van der Waals surface area contributed by atoms with E-state index in [0.29, 0.717) is 5.75 Å². The second-order valence-electron chi connectivity index (χ2n) is 6.42. The zero-order valence-corrected chi connectivity index (χ0v) is 15.8. The van der Waals surface area contributed by atoms with Crippen molar-refractivity contribution in [2.75, 3.05) is 0 Å². The number of hydrogen-bond acceptors (Lipinski definition) is 4. The number of nitrogens with zero attached hydrogens (tertiary/aromatic N) is 2. The van der Waals surface area contributed by atoms with Crippen LogP contribution in [0.3, 0.4) is 0 Å². The first-order valence-corrected chi connectivity index (χ1v) is 9.10. The number of ether oxygens (including phenoxy) is 2. The number of carboxylic acid groups (broad SMARTS) is 1. The number of aromatic nitrogens is 2. The van der Waals surface area contributed by atoms with Gasteiger partial charge in [0, 0.05) is 13.1 Å². The Bertz CT molecular complexity index is 945. The van der Waals surface area contributed by atoms with Gasteiger partial charge in [-0.3, -0.25) is 0 Å². The monoisotopic (exact) mass is 368 g/mol. The van der Waals surface area contributed by atoms with Crippen molar-refractivity contribution in [3.8, 4) is 11.5 Å². The summed E-state index contributed by atoms with van der Waals surface area (Å²) < 4.78 is 13.7. The molecule has 6 heteroatoms. The van der Waals surface area contributed by atoms with Gasteiger partial charge >= 0.3 is 5.97 Å². The van der Waals surface area contributed by atoms with Crippen LogP contribution in [-0.4, -0.2) is 26.7 Å². The van der Waals surface area contributed by atoms with Gasteiger partial charge in [0.25, 0.3) is 0 Å². The molecular weight excluding hydrogens is 344 g/mol. The molecule has 0 amide bonds. The van der Waals surface area contributed by atoms with E-state index < -0.39 is 5.97 Å². The highest BCUT2D eigenvalue weighted by Gasteiger charge is 2.12. The third-order valence-corrected chi connectivity index (χ3v) is 4.61. The van der Waals surface area contributed by atoms with Crippen molar-refractivity contribution in [2.45, 2.75) is 39.4 Å². The van der Waals surface area contributed by atoms with E-state index in [2.05, 4.69) is 18.8 Å². The molecule has 1 heterocycles. The Morgan fingerprint density at radius 3 is 2.63 bits per heavy atom. The van der Waals surface area contributed by atoms with E-state index in [1.165, 1.54) is 12.1 Å². The number of carboxylic acids is 1. The van der Waals surface area contributed by atoms with Crippen LogP contribution in [0.1, 0.15) is 42.9 Å². The molecule has 0 bridgehead atoms. The quantitative estimate of drug-likeness (QED) is 0.637. The van der Waals surface area contributed by atoms with Crippen LogP contribution in [0.15, 0.2) is 42.5 Å². The van der Waals surface area contributed by atoms with Crippen LogP contribution >= 0.6 is 0 Å². The predicted octanol–water partition coefficient (Wildman–Crippen LogP) is 4.42.